The van der Waals surface area contributed by atoms with Gasteiger partial charge in [-0.1, -0.05) is 12.1 Å². The van der Waals surface area contributed by atoms with Crippen molar-refractivity contribution in [3.8, 4) is 5.75 Å². The molecule has 0 aliphatic heterocycles. The lowest BCUT2D eigenvalue weighted by Gasteiger charge is -2.12. The van der Waals surface area contributed by atoms with Gasteiger partial charge in [0.25, 0.3) is 0 Å². The first-order valence-electron chi connectivity index (χ1n) is 6.30. The number of nitrogens with one attached hydrogen (secondary N) is 1. The zero-order valence-electron chi connectivity index (χ0n) is 11.6. The van der Waals surface area contributed by atoms with E-state index < -0.39 is 6.61 Å². The van der Waals surface area contributed by atoms with E-state index in [0.29, 0.717) is 0 Å². The number of aromatic nitrogens is 2. The van der Waals surface area contributed by atoms with E-state index in [1.54, 1.807) is 16.8 Å². The zero-order valence-corrected chi connectivity index (χ0v) is 11.6. The molecule has 5 nitrogen and oxygen atoms in total. The number of hydrogen-bond acceptors (Lipinski definition) is 3. The molecular formula is C14H15F2N3O2. The van der Waals surface area contributed by atoms with Crippen molar-refractivity contribution in [3.63, 3.8) is 0 Å². The van der Waals surface area contributed by atoms with Crippen LogP contribution < -0.4 is 10.1 Å². The second-order valence-electron chi connectivity index (χ2n) is 4.51. The number of alkyl halides is 2. The van der Waals surface area contributed by atoms with Gasteiger partial charge in [-0.05, 0) is 32.0 Å². The van der Waals surface area contributed by atoms with Crippen LogP contribution in [0.25, 0.3) is 0 Å². The molecule has 7 heteroatoms. The molecule has 1 aromatic heterocycles. The van der Waals surface area contributed by atoms with Gasteiger partial charge in [0.15, 0.2) is 0 Å². The number of carbonyl (C=O) groups is 1. The number of anilines is 1. The highest BCUT2D eigenvalue weighted by Gasteiger charge is 2.12. The van der Waals surface area contributed by atoms with Crippen molar-refractivity contribution in [1.82, 2.24) is 9.78 Å². The topological polar surface area (TPSA) is 56.2 Å². The minimum absolute atomic E-state index is 0.00266. The van der Waals surface area contributed by atoms with Crippen LogP contribution in [0.3, 0.4) is 0 Å². The molecule has 0 aliphatic carbocycles. The van der Waals surface area contributed by atoms with Gasteiger partial charge in [-0.15, -0.1) is 0 Å². The van der Waals surface area contributed by atoms with Gasteiger partial charge in [0.1, 0.15) is 12.3 Å². The Labute approximate surface area is 120 Å². The summed E-state index contributed by atoms with van der Waals surface area (Å²) in [4.78, 5) is 12.0. The van der Waals surface area contributed by atoms with E-state index in [4.69, 9.17) is 0 Å². The molecular weight excluding hydrogens is 280 g/mol. The van der Waals surface area contributed by atoms with Crippen LogP contribution in [0.15, 0.2) is 30.3 Å². The van der Waals surface area contributed by atoms with E-state index in [2.05, 4.69) is 15.2 Å². The maximum Gasteiger partial charge on any atom is 0.387 e. The Bertz CT molecular complexity index is 641. The van der Waals surface area contributed by atoms with Gasteiger partial charge in [0.05, 0.1) is 11.4 Å². The van der Waals surface area contributed by atoms with Crippen LogP contribution >= 0.6 is 0 Å². The quantitative estimate of drug-likeness (QED) is 0.922. The highest BCUT2D eigenvalue weighted by molar-refractivity contribution is 5.92. The highest BCUT2D eigenvalue weighted by atomic mass is 19.3. The predicted octanol–water partition coefficient (Wildman–Crippen LogP) is 2.74. The Kier molecular flexibility index (Phi) is 4.52. The first-order chi connectivity index (χ1) is 9.95. The lowest BCUT2D eigenvalue weighted by atomic mass is 10.3. The summed E-state index contributed by atoms with van der Waals surface area (Å²) >= 11 is 0. The van der Waals surface area contributed by atoms with Crippen LogP contribution in [-0.4, -0.2) is 22.3 Å². The molecule has 1 amide bonds. The molecule has 1 N–H and O–H groups in total. The van der Waals surface area contributed by atoms with E-state index in [9.17, 15) is 13.6 Å². The Morgan fingerprint density at radius 1 is 1.38 bits per heavy atom. The Balaban J connectivity index is 2.07. The number of amides is 1. The average Bonchev–Trinajstić information content (AvgIpc) is 2.69. The molecule has 21 heavy (non-hydrogen) atoms. The third-order valence-electron chi connectivity index (χ3n) is 2.77. The van der Waals surface area contributed by atoms with Crippen molar-refractivity contribution in [2.45, 2.75) is 27.0 Å². The van der Waals surface area contributed by atoms with Crippen molar-refractivity contribution in [2.24, 2.45) is 0 Å². The first kappa shape index (κ1) is 15.0. The second-order valence-corrected chi connectivity index (χ2v) is 4.51. The fraction of sp³-hybridized carbons (Fsp3) is 0.286. The van der Waals surface area contributed by atoms with E-state index in [0.717, 1.165) is 11.4 Å². The van der Waals surface area contributed by atoms with Crippen LogP contribution in [-0.2, 0) is 11.3 Å². The van der Waals surface area contributed by atoms with Gasteiger partial charge in [-0.3, -0.25) is 9.48 Å². The lowest BCUT2D eigenvalue weighted by Crippen LogP contribution is -2.21. The molecule has 2 rings (SSSR count). The zero-order chi connectivity index (χ0) is 15.4. The van der Waals surface area contributed by atoms with E-state index >= 15 is 0 Å². The number of hydrogen-bond donors (Lipinski definition) is 1. The van der Waals surface area contributed by atoms with Crippen molar-refractivity contribution in [3.05, 3.63) is 41.7 Å². The van der Waals surface area contributed by atoms with Gasteiger partial charge in [-0.25, -0.2) is 0 Å². The minimum atomic E-state index is -2.95. The molecule has 0 aliphatic rings. The van der Waals surface area contributed by atoms with E-state index in [-0.39, 0.29) is 23.9 Å². The number of para-hydroxylation sites is 2. The molecule has 0 unspecified atom stereocenters. The summed E-state index contributed by atoms with van der Waals surface area (Å²) in [6.07, 6.45) is 0. The van der Waals surface area contributed by atoms with Crippen LogP contribution in [0.1, 0.15) is 11.4 Å². The summed E-state index contributed by atoms with van der Waals surface area (Å²) in [6.45, 7) is 0.718. The van der Waals surface area contributed by atoms with Gasteiger partial charge < -0.3 is 10.1 Å². The van der Waals surface area contributed by atoms with Gasteiger partial charge >= 0.3 is 6.61 Å². The number of nitrogens with zero attached hydrogens (tertiary/aromatic N) is 2. The van der Waals surface area contributed by atoms with E-state index in [1.165, 1.54) is 12.1 Å². The molecule has 112 valence electrons. The van der Waals surface area contributed by atoms with Crippen molar-refractivity contribution >= 4 is 11.6 Å². The molecule has 0 saturated carbocycles. The number of rotatable bonds is 5. The van der Waals surface area contributed by atoms with Crippen molar-refractivity contribution in [2.75, 3.05) is 5.32 Å². The summed E-state index contributed by atoms with van der Waals surface area (Å²) in [5, 5.41) is 6.71. The maximum atomic E-state index is 12.3. The molecule has 1 heterocycles. The number of carbonyl (C=O) groups excluding carboxylic acids is 1. The average molecular weight is 295 g/mol. The lowest BCUT2D eigenvalue weighted by molar-refractivity contribution is -0.117. The summed E-state index contributed by atoms with van der Waals surface area (Å²) in [7, 11) is 0. The largest absolute Gasteiger partial charge is 0.433 e. The molecule has 0 atom stereocenters. The van der Waals surface area contributed by atoms with Gasteiger partial charge in [0, 0.05) is 5.69 Å². The normalized spacial score (nSPS) is 10.7. The van der Waals surface area contributed by atoms with Gasteiger partial charge in [-0.2, -0.15) is 13.9 Å². The summed E-state index contributed by atoms with van der Waals surface area (Å²) in [5.41, 5.74) is 1.85. The SMILES string of the molecule is Cc1cc(C)n(CC(=O)Nc2ccccc2OC(F)F)n1. The Hall–Kier alpha value is -2.44. The highest BCUT2D eigenvalue weighted by Crippen LogP contribution is 2.25. The Morgan fingerprint density at radius 3 is 2.71 bits per heavy atom. The third-order valence-corrected chi connectivity index (χ3v) is 2.77. The first-order valence-corrected chi connectivity index (χ1v) is 6.30. The van der Waals surface area contributed by atoms with Crippen LogP contribution in [0, 0.1) is 13.8 Å². The molecule has 0 bridgehead atoms. The fourth-order valence-corrected chi connectivity index (χ4v) is 1.93. The monoisotopic (exact) mass is 295 g/mol. The molecule has 2 aromatic rings. The maximum absolute atomic E-state index is 12.3. The summed E-state index contributed by atoms with van der Waals surface area (Å²) in [6, 6.07) is 7.88. The minimum Gasteiger partial charge on any atom is -0.433 e. The van der Waals surface area contributed by atoms with Crippen LogP contribution in [0.2, 0.25) is 0 Å². The molecule has 1 aromatic carbocycles. The number of benzene rings is 1. The molecule has 0 saturated heterocycles. The third kappa shape index (κ3) is 4.01. The number of ether oxygens (including phenoxy) is 1. The molecule has 0 spiro atoms. The summed E-state index contributed by atoms with van der Waals surface area (Å²) < 4.78 is 30.5. The summed E-state index contributed by atoms with van der Waals surface area (Å²) in [5.74, 6) is -0.444. The Morgan fingerprint density at radius 2 is 2.10 bits per heavy atom. The van der Waals surface area contributed by atoms with Crippen molar-refractivity contribution < 1.29 is 18.3 Å². The molecule has 0 fully saturated rings. The standard InChI is InChI=1S/C14H15F2N3O2/c1-9-7-10(2)19(18-9)8-13(20)17-11-5-3-4-6-12(11)21-14(15)16/h3-7,14H,8H2,1-2H3,(H,17,20). The van der Waals surface area contributed by atoms with Crippen molar-refractivity contribution in [1.29, 1.82) is 0 Å². The smallest absolute Gasteiger partial charge is 0.387 e. The van der Waals surface area contributed by atoms with Gasteiger partial charge in [0.2, 0.25) is 5.91 Å². The number of aryl methyl sites for hydroxylation is 2. The fourth-order valence-electron chi connectivity index (χ4n) is 1.93. The van der Waals surface area contributed by atoms with Crippen LogP contribution in [0.4, 0.5) is 14.5 Å². The second kappa shape index (κ2) is 6.34. The predicted molar refractivity (Wildman–Crippen MR) is 73.4 cm³/mol. The number of halogens is 2. The van der Waals surface area contributed by atoms with Crippen LogP contribution in [0.5, 0.6) is 5.75 Å². The van der Waals surface area contributed by atoms with E-state index in [1.807, 2.05) is 19.9 Å². The molecule has 0 radical (unpaired) electrons.